The van der Waals surface area contributed by atoms with Crippen LogP contribution in [0.5, 0.6) is 0 Å². The number of ether oxygens (including phenoxy) is 1. The van der Waals surface area contributed by atoms with E-state index in [-0.39, 0.29) is 6.54 Å². The number of carbonyl (C=O) groups excluding carboxylic acids is 1. The summed E-state index contributed by atoms with van der Waals surface area (Å²) in [6, 6.07) is 9.32. The lowest BCUT2D eigenvalue weighted by molar-refractivity contribution is 0.0337. The van der Waals surface area contributed by atoms with Crippen LogP contribution in [-0.4, -0.2) is 16.6 Å². The van der Waals surface area contributed by atoms with Gasteiger partial charge in [-0.15, -0.1) is 0 Å². The molecule has 0 bridgehead atoms. The standard InChI is InChI=1S/C13H16N2O2/c1-13(2,3)17-12(16)15(10-14)9-11-7-5-4-6-8-11/h4-8H,9H2,1-3H3. The predicted molar refractivity (Wildman–Crippen MR) is 63.8 cm³/mol. The molecular weight excluding hydrogens is 216 g/mol. The van der Waals surface area contributed by atoms with E-state index in [1.165, 1.54) is 0 Å². The first-order valence-electron chi connectivity index (χ1n) is 5.36. The molecule has 0 unspecified atom stereocenters. The molecule has 4 heteroatoms. The van der Waals surface area contributed by atoms with E-state index in [0.29, 0.717) is 0 Å². The van der Waals surface area contributed by atoms with Crippen LogP contribution >= 0.6 is 0 Å². The van der Waals surface area contributed by atoms with Crippen molar-refractivity contribution in [2.75, 3.05) is 0 Å². The van der Waals surface area contributed by atoms with E-state index in [9.17, 15) is 4.79 Å². The molecule has 0 aliphatic heterocycles. The van der Waals surface area contributed by atoms with E-state index in [2.05, 4.69) is 0 Å². The number of nitrogens with zero attached hydrogens (tertiary/aromatic N) is 2. The Kier molecular flexibility index (Phi) is 4.11. The number of hydrogen-bond donors (Lipinski definition) is 0. The van der Waals surface area contributed by atoms with Crippen molar-refractivity contribution in [3.63, 3.8) is 0 Å². The highest BCUT2D eigenvalue weighted by molar-refractivity contribution is 5.69. The summed E-state index contributed by atoms with van der Waals surface area (Å²) in [6.45, 7) is 5.53. The molecule has 0 atom stereocenters. The molecular formula is C13H16N2O2. The molecule has 1 aromatic rings. The summed E-state index contributed by atoms with van der Waals surface area (Å²) in [5.74, 6) is 0. The highest BCUT2D eigenvalue weighted by Gasteiger charge is 2.22. The van der Waals surface area contributed by atoms with Crippen LogP contribution in [-0.2, 0) is 11.3 Å². The minimum atomic E-state index is -0.621. The second-order valence-corrected chi connectivity index (χ2v) is 4.65. The normalized spacial score (nSPS) is 10.5. The molecule has 0 saturated carbocycles. The van der Waals surface area contributed by atoms with Crippen LogP contribution in [0.1, 0.15) is 26.3 Å². The second-order valence-electron chi connectivity index (χ2n) is 4.65. The molecule has 4 nitrogen and oxygen atoms in total. The van der Waals surface area contributed by atoms with Crippen molar-refractivity contribution < 1.29 is 9.53 Å². The zero-order valence-electron chi connectivity index (χ0n) is 10.3. The Morgan fingerprint density at radius 3 is 2.41 bits per heavy atom. The molecule has 1 rings (SSSR count). The first kappa shape index (κ1) is 13.0. The van der Waals surface area contributed by atoms with Gasteiger partial charge in [-0.2, -0.15) is 5.26 Å². The topological polar surface area (TPSA) is 53.3 Å². The number of hydrogen-bond acceptors (Lipinski definition) is 3. The van der Waals surface area contributed by atoms with Crippen LogP contribution in [0.4, 0.5) is 4.79 Å². The van der Waals surface area contributed by atoms with Gasteiger partial charge in [0.1, 0.15) is 5.60 Å². The Hall–Kier alpha value is -2.02. The van der Waals surface area contributed by atoms with E-state index >= 15 is 0 Å². The van der Waals surface area contributed by atoms with Crippen LogP contribution < -0.4 is 0 Å². The summed E-state index contributed by atoms with van der Waals surface area (Å²) in [4.78, 5) is 12.7. The number of nitriles is 1. The number of benzene rings is 1. The smallest absolute Gasteiger partial charge is 0.423 e. The summed E-state index contributed by atoms with van der Waals surface area (Å²) in [5.41, 5.74) is 0.294. The Morgan fingerprint density at radius 2 is 1.94 bits per heavy atom. The van der Waals surface area contributed by atoms with Crippen LogP contribution in [0.2, 0.25) is 0 Å². The fraction of sp³-hybridized carbons (Fsp3) is 0.385. The maximum absolute atomic E-state index is 11.7. The monoisotopic (exact) mass is 232 g/mol. The number of rotatable bonds is 2. The van der Waals surface area contributed by atoms with Gasteiger partial charge in [-0.3, -0.25) is 0 Å². The molecule has 0 aromatic heterocycles. The first-order valence-corrected chi connectivity index (χ1v) is 5.36. The third-order valence-corrected chi connectivity index (χ3v) is 1.92. The van der Waals surface area contributed by atoms with Gasteiger partial charge in [-0.25, -0.2) is 9.69 Å². The average Bonchev–Trinajstić information content (AvgIpc) is 2.24. The molecule has 1 amide bonds. The van der Waals surface area contributed by atoms with E-state index in [4.69, 9.17) is 10.00 Å². The van der Waals surface area contributed by atoms with Crippen molar-refractivity contribution in [3.8, 4) is 6.19 Å². The van der Waals surface area contributed by atoms with Gasteiger partial charge in [0.15, 0.2) is 6.19 Å². The van der Waals surface area contributed by atoms with Gasteiger partial charge in [0.2, 0.25) is 0 Å². The Balaban J connectivity index is 2.68. The zero-order chi connectivity index (χ0) is 12.9. The van der Waals surface area contributed by atoms with Gasteiger partial charge in [0.25, 0.3) is 0 Å². The highest BCUT2D eigenvalue weighted by atomic mass is 16.6. The van der Waals surface area contributed by atoms with Gasteiger partial charge < -0.3 is 4.74 Å². The SMILES string of the molecule is CC(C)(C)OC(=O)N(C#N)Cc1ccccc1. The van der Waals surface area contributed by atoms with Gasteiger partial charge in [-0.05, 0) is 26.3 Å². The fourth-order valence-corrected chi connectivity index (χ4v) is 1.22. The van der Waals surface area contributed by atoms with Crippen LogP contribution in [0.25, 0.3) is 0 Å². The Morgan fingerprint density at radius 1 is 1.35 bits per heavy atom. The van der Waals surface area contributed by atoms with Crippen LogP contribution in [0, 0.1) is 11.5 Å². The molecule has 0 N–H and O–H groups in total. The molecule has 0 heterocycles. The Bertz CT molecular complexity index is 415. The minimum absolute atomic E-state index is 0.228. The third-order valence-electron chi connectivity index (χ3n) is 1.92. The summed E-state index contributed by atoms with van der Waals surface area (Å²) < 4.78 is 5.13. The quantitative estimate of drug-likeness (QED) is 0.582. The highest BCUT2D eigenvalue weighted by Crippen LogP contribution is 2.11. The molecule has 0 saturated heterocycles. The van der Waals surface area contributed by atoms with E-state index in [1.807, 2.05) is 36.5 Å². The molecule has 0 aliphatic rings. The first-order chi connectivity index (χ1) is 7.92. The van der Waals surface area contributed by atoms with Gasteiger partial charge in [-0.1, -0.05) is 30.3 Å². The van der Waals surface area contributed by atoms with Crippen molar-refractivity contribution in [2.45, 2.75) is 32.9 Å². The summed E-state index contributed by atoms with van der Waals surface area (Å²) in [7, 11) is 0. The van der Waals surface area contributed by atoms with Crippen molar-refractivity contribution in [1.82, 2.24) is 4.90 Å². The zero-order valence-corrected chi connectivity index (χ0v) is 10.3. The van der Waals surface area contributed by atoms with Crippen LogP contribution in [0.3, 0.4) is 0 Å². The van der Waals surface area contributed by atoms with Crippen LogP contribution in [0.15, 0.2) is 30.3 Å². The molecule has 90 valence electrons. The van der Waals surface area contributed by atoms with Gasteiger partial charge >= 0.3 is 6.09 Å². The van der Waals surface area contributed by atoms with E-state index < -0.39 is 11.7 Å². The molecule has 17 heavy (non-hydrogen) atoms. The van der Waals surface area contributed by atoms with E-state index in [1.54, 1.807) is 20.8 Å². The second kappa shape index (κ2) is 5.35. The molecule has 0 fully saturated rings. The van der Waals surface area contributed by atoms with Gasteiger partial charge in [0.05, 0.1) is 6.54 Å². The lowest BCUT2D eigenvalue weighted by Gasteiger charge is -2.22. The minimum Gasteiger partial charge on any atom is -0.443 e. The molecule has 0 radical (unpaired) electrons. The van der Waals surface area contributed by atoms with Gasteiger partial charge in [0, 0.05) is 0 Å². The third kappa shape index (κ3) is 4.56. The maximum Gasteiger partial charge on any atom is 0.423 e. The molecule has 0 aliphatic carbocycles. The van der Waals surface area contributed by atoms with E-state index in [0.717, 1.165) is 10.5 Å². The fourth-order valence-electron chi connectivity index (χ4n) is 1.22. The molecule has 0 spiro atoms. The summed E-state index contributed by atoms with van der Waals surface area (Å²) in [6.07, 6.45) is 1.21. The Labute approximate surface area is 101 Å². The van der Waals surface area contributed by atoms with Crippen molar-refractivity contribution in [3.05, 3.63) is 35.9 Å². The summed E-state index contributed by atoms with van der Waals surface area (Å²) >= 11 is 0. The van der Waals surface area contributed by atoms with Crippen molar-refractivity contribution in [2.24, 2.45) is 0 Å². The predicted octanol–water partition coefficient (Wildman–Crippen LogP) is 2.90. The maximum atomic E-state index is 11.7. The average molecular weight is 232 g/mol. The van der Waals surface area contributed by atoms with Crippen molar-refractivity contribution >= 4 is 6.09 Å². The molecule has 1 aromatic carbocycles. The lowest BCUT2D eigenvalue weighted by Crippen LogP contribution is -2.33. The van der Waals surface area contributed by atoms with Crippen molar-refractivity contribution in [1.29, 1.82) is 5.26 Å². The number of carbonyl (C=O) groups is 1. The lowest BCUT2D eigenvalue weighted by atomic mass is 10.2. The number of amides is 1. The largest absolute Gasteiger partial charge is 0.443 e. The summed E-state index contributed by atoms with van der Waals surface area (Å²) in [5, 5.41) is 8.93.